The minimum atomic E-state index is -1.08. The summed E-state index contributed by atoms with van der Waals surface area (Å²) in [7, 11) is 0. The molecule has 0 saturated carbocycles. The first-order valence-corrected chi connectivity index (χ1v) is 13.4. The third-order valence-corrected chi connectivity index (χ3v) is 6.58. The van der Waals surface area contributed by atoms with E-state index in [1.54, 1.807) is 24.5 Å². The zero-order valence-corrected chi connectivity index (χ0v) is 22.3. The molecular formula is C33H29N5O3. The van der Waals surface area contributed by atoms with Gasteiger partial charge in [-0.25, -0.2) is 9.67 Å². The quantitative estimate of drug-likeness (QED) is 0.243. The van der Waals surface area contributed by atoms with Crippen LogP contribution in [0.15, 0.2) is 122 Å². The molecule has 3 aromatic carbocycles. The zero-order valence-electron chi connectivity index (χ0n) is 22.3. The van der Waals surface area contributed by atoms with Crippen LogP contribution < -0.4 is 10.6 Å². The molecule has 0 saturated heterocycles. The lowest BCUT2D eigenvalue weighted by molar-refractivity contribution is -0.138. The normalized spacial score (nSPS) is 11.4. The van der Waals surface area contributed by atoms with E-state index >= 15 is 0 Å². The largest absolute Gasteiger partial charge is 0.349 e. The van der Waals surface area contributed by atoms with Crippen molar-refractivity contribution in [3.63, 3.8) is 0 Å². The second-order valence-corrected chi connectivity index (χ2v) is 9.46. The van der Waals surface area contributed by atoms with E-state index in [1.807, 2.05) is 97.1 Å². The highest BCUT2D eigenvalue weighted by atomic mass is 16.2. The lowest BCUT2D eigenvalue weighted by atomic mass is 10.0. The molecule has 0 aliphatic rings. The number of nitrogens with one attached hydrogen (secondary N) is 2. The lowest BCUT2D eigenvalue weighted by Gasteiger charge is -2.18. The highest BCUT2D eigenvalue weighted by Gasteiger charge is 2.28. The van der Waals surface area contributed by atoms with Crippen LogP contribution in [0.3, 0.4) is 0 Å². The first kappa shape index (κ1) is 27.2. The van der Waals surface area contributed by atoms with Crippen molar-refractivity contribution in [3.05, 3.63) is 138 Å². The molecule has 0 aliphatic heterocycles. The highest BCUT2D eigenvalue weighted by molar-refractivity contribution is 6.38. The molecule has 2 N–H and O–H groups in total. The van der Waals surface area contributed by atoms with Crippen molar-refractivity contribution in [3.8, 4) is 17.1 Å². The standard InChI is InChI=1S/C33H29N5O3/c39-30(33(41)35-21-18-24-11-4-1-5-12-24)29(23-25-13-6-2-7-14-25)36-32(40)27-17-10-20-34-31(27)38-22-19-28(37-38)26-15-8-3-9-16-26/h1-17,19-20,22,29H,18,21,23H2,(H,35,41)(H,36,40)/t29-/m1/s1. The van der Waals surface area contributed by atoms with E-state index in [9.17, 15) is 14.4 Å². The number of amides is 2. The van der Waals surface area contributed by atoms with Gasteiger partial charge in [-0.15, -0.1) is 0 Å². The van der Waals surface area contributed by atoms with Crippen molar-refractivity contribution in [2.45, 2.75) is 18.9 Å². The van der Waals surface area contributed by atoms with Gasteiger partial charge < -0.3 is 10.6 Å². The van der Waals surface area contributed by atoms with Crippen molar-refractivity contribution >= 4 is 17.6 Å². The Hall–Kier alpha value is -5.37. The fourth-order valence-electron chi connectivity index (χ4n) is 4.47. The van der Waals surface area contributed by atoms with Crippen molar-refractivity contribution < 1.29 is 14.4 Å². The number of benzene rings is 3. The van der Waals surface area contributed by atoms with Gasteiger partial charge in [-0.3, -0.25) is 14.4 Å². The second kappa shape index (κ2) is 13.1. The first-order valence-electron chi connectivity index (χ1n) is 13.4. The van der Waals surface area contributed by atoms with Gasteiger partial charge >= 0.3 is 0 Å². The molecule has 0 fully saturated rings. The predicted octanol–water partition coefficient (Wildman–Crippen LogP) is 4.20. The smallest absolute Gasteiger partial charge is 0.289 e. The lowest BCUT2D eigenvalue weighted by Crippen LogP contribution is -2.49. The van der Waals surface area contributed by atoms with Crippen LogP contribution in [0.25, 0.3) is 17.1 Å². The van der Waals surface area contributed by atoms with Crippen LogP contribution in [0.5, 0.6) is 0 Å². The summed E-state index contributed by atoms with van der Waals surface area (Å²) in [4.78, 5) is 44.1. The number of rotatable bonds is 11. The van der Waals surface area contributed by atoms with Gasteiger partial charge in [0.2, 0.25) is 5.78 Å². The average molecular weight is 544 g/mol. The van der Waals surface area contributed by atoms with Crippen molar-refractivity contribution in [2.24, 2.45) is 0 Å². The molecule has 2 amide bonds. The zero-order chi connectivity index (χ0) is 28.4. The average Bonchev–Trinajstić information content (AvgIpc) is 3.52. The minimum absolute atomic E-state index is 0.160. The number of aromatic nitrogens is 3. The van der Waals surface area contributed by atoms with Crippen LogP contribution in [0, 0.1) is 0 Å². The van der Waals surface area contributed by atoms with E-state index in [4.69, 9.17) is 0 Å². The van der Waals surface area contributed by atoms with E-state index < -0.39 is 23.6 Å². The van der Waals surface area contributed by atoms with Crippen molar-refractivity contribution in [2.75, 3.05) is 6.54 Å². The number of hydrogen-bond acceptors (Lipinski definition) is 5. The van der Waals surface area contributed by atoms with E-state index in [2.05, 4.69) is 20.7 Å². The fourth-order valence-corrected chi connectivity index (χ4v) is 4.47. The summed E-state index contributed by atoms with van der Waals surface area (Å²) >= 11 is 0. The van der Waals surface area contributed by atoms with E-state index in [-0.39, 0.29) is 12.0 Å². The molecule has 0 bridgehead atoms. The number of carbonyl (C=O) groups is 3. The highest BCUT2D eigenvalue weighted by Crippen LogP contribution is 2.19. The van der Waals surface area contributed by atoms with Crippen LogP contribution in [0.4, 0.5) is 0 Å². The molecule has 0 unspecified atom stereocenters. The van der Waals surface area contributed by atoms with E-state index in [0.29, 0.717) is 18.8 Å². The molecule has 0 radical (unpaired) electrons. The minimum Gasteiger partial charge on any atom is -0.349 e. The topological polar surface area (TPSA) is 106 Å². The molecule has 8 heteroatoms. The number of Topliss-reactive ketones (excluding diaryl/α,β-unsaturated/α-hetero) is 1. The Morgan fingerprint density at radius 2 is 1.41 bits per heavy atom. The molecule has 0 aliphatic carbocycles. The maximum Gasteiger partial charge on any atom is 0.289 e. The van der Waals surface area contributed by atoms with Crippen LogP contribution in [0.2, 0.25) is 0 Å². The molecule has 5 rings (SSSR count). The second-order valence-electron chi connectivity index (χ2n) is 9.46. The van der Waals surface area contributed by atoms with E-state index in [0.717, 1.165) is 22.4 Å². The van der Waals surface area contributed by atoms with Gasteiger partial charge in [-0.05, 0) is 35.7 Å². The summed E-state index contributed by atoms with van der Waals surface area (Å²) in [5, 5.41) is 10.1. The number of ketones is 1. The third-order valence-electron chi connectivity index (χ3n) is 6.58. The molecule has 2 heterocycles. The summed E-state index contributed by atoms with van der Waals surface area (Å²) in [6.45, 7) is 0.302. The summed E-state index contributed by atoms with van der Waals surface area (Å²) in [6.07, 6.45) is 4.05. The monoisotopic (exact) mass is 543 g/mol. The summed E-state index contributed by atoms with van der Waals surface area (Å²) in [5.41, 5.74) is 3.75. The molecule has 5 aromatic rings. The van der Waals surface area contributed by atoms with Crippen molar-refractivity contribution in [1.82, 2.24) is 25.4 Å². The van der Waals surface area contributed by atoms with Crippen LogP contribution in [0.1, 0.15) is 21.5 Å². The Balaban J connectivity index is 1.34. The Labute approximate surface area is 238 Å². The number of nitrogens with zero attached hydrogens (tertiary/aromatic N) is 3. The number of hydrogen-bond donors (Lipinski definition) is 2. The Kier molecular flexibility index (Phi) is 8.71. The molecular weight excluding hydrogens is 514 g/mol. The molecule has 8 nitrogen and oxygen atoms in total. The van der Waals surface area contributed by atoms with Crippen LogP contribution in [-0.4, -0.2) is 44.9 Å². The fraction of sp³-hybridized carbons (Fsp3) is 0.121. The number of carbonyl (C=O) groups excluding carboxylic acids is 3. The Morgan fingerprint density at radius 3 is 2.12 bits per heavy atom. The molecule has 204 valence electrons. The van der Waals surface area contributed by atoms with Crippen LogP contribution in [-0.2, 0) is 22.4 Å². The van der Waals surface area contributed by atoms with Gasteiger partial charge in [0.15, 0.2) is 5.82 Å². The van der Waals surface area contributed by atoms with Gasteiger partial charge in [0.05, 0.1) is 11.3 Å². The van der Waals surface area contributed by atoms with Crippen LogP contribution >= 0.6 is 0 Å². The first-order chi connectivity index (χ1) is 20.1. The van der Waals surface area contributed by atoms with E-state index in [1.165, 1.54) is 4.68 Å². The van der Waals surface area contributed by atoms with Gasteiger partial charge in [0.1, 0.15) is 6.04 Å². The molecule has 1 atom stereocenters. The van der Waals surface area contributed by atoms with Gasteiger partial charge in [-0.1, -0.05) is 91.0 Å². The Bertz CT molecular complexity index is 1620. The molecule has 0 spiro atoms. The maximum absolute atomic E-state index is 13.6. The summed E-state index contributed by atoms with van der Waals surface area (Å²) in [6, 6.07) is 32.6. The van der Waals surface area contributed by atoms with Gasteiger partial charge in [-0.2, -0.15) is 5.10 Å². The predicted molar refractivity (Wildman–Crippen MR) is 156 cm³/mol. The van der Waals surface area contributed by atoms with Gasteiger partial charge in [0.25, 0.3) is 11.8 Å². The maximum atomic E-state index is 13.6. The molecule has 41 heavy (non-hydrogen) atoms. The summed E-state index contributed by atoms with van der Waals surface area (Å²) in [5.74, 6) is -1.68. The van der Waals surface area contributed by atoms with Gasteiger partial charge in [0, 0.05) is 30.9 Å². The third kappa shape index (κ3) is 6.99. The Morgan fingerprint density at radius 1 is 0.756 bits per heavy atom. The summed E-state index contributed by atoms with van der Waals surface area (Å²) < 4.78 is 1.53. The SMILES string of the molecule is O=C(NCCc1ccccc1)C(=O)[C@@H](Cc1ccccc1)NC(=O)c1cccnc1-n1ccc(-c2ccccc2)n1. The van der Waals surface area contributed by atoms with Crippen molar-refractivity contribution in [1.29, 1.82) is 0 Å². The number of pyridine rings is 1. The molecule has 2 aromatic heterocycles.